The molecule has 1 heterocycles. The second-order valence-electron chi connectivity index (χ2n) is 2.55. The number of thiol groups is 1. The number of nitrogens with zero attached hydrogens (tertiary/aromatic N) is 4. The van der Waals surface area contributed by atoms with E-state index in [4.69, 9.17) is 0 Å². The molecule has 11 heavy (non-hydrogen) atoms. The molecule has 0 amide bonds. The molecule has 0 saturated heterocycles. The molecule has 0 atom stereocenters. The number of tetrazole rings is 1. The molecule has 1 aromatic rings. The average Bonchev–Trinajstić information content (AvgIpc) is 2.15. The third-order valence-electron chi connectivity index (χ3n) is 1.05. The summed E-state index contributed by atoms with van der Waals surface area (Å²) in [7, 11) is 0. The molecule has 0 aliphatic rings. The highest BCUT2D eigenvalue weighted by Gasteiger charge is 2.01. The molecule has 1 rings (SSSR count). The van der Waals surface area contributed by atoms with Gasteiger partial charge < -0.3 is 0 Å². The summed E-state index contributed by atoms with van der Waals surface area (Å²) >= 11 is 4.05. The Morgan fingerprint density at radius 2 is 2.18 bits per heavy atom. The van der Waals surface area contributed by atoms with Gasteiger partial charge in [-0.15, -0.1) is 30.1 Å². The van der Waals surface area contributed by atoms with E-state index in [-0.39, 0.29) is 12.4 Å². The van der Waals surface area contributed by atoms with Crippen molar-refractivity contribution in [2.45, 2.75) is 25.5 Å². The van der Waals surface area contributed by atoms with Crippen molar-refractivity contribution in [3.05, 3.63) is 0 Å². The van der Waals surface area contributed by atoms with Gasteiger partial charge in [0.2, 0.25) is 5.16 Å². The van der Waals surface area contributed by atoms with E-state index < -0.39 is 0 Å². The molecule has 0 saturated carbocycles. The van der Waals surface area contributed by atoms with Crippen LogP contribution in [0.1, 0.15) is 13.8 Å². The van der Waals surface area contributed by atoms with Crippen molar-refractivity contribution in [3.8, 4) is 0 Å². The lowest BCUT2D eigenvalue weighted by Gasteiger charge is -2.02. The molecule has 0 aromatic carbocycles. The van der Waals surface area contributed by atoms with E-state index in [1.807, 2.05) is 0 Å². The quantitative estimate of drug-likeness (QED) is 0.716. The van der Waals surface area contributed by atoms with Crippen LogP contribution in [-0.4, -0.2) is 20.2 Å². The molecule has 4 nitrogen and oxygen atoms in total. The van der Waals surface area contributed by atoms with Crippen molar-refractivity contribution in [1.82, 2.24) is 20.2 Å². The maximum Gasteiger partial charge on any atom is 0.206 e. The van der Waals surface area contributed by atoms with Crippen molar-refractivity contribution in [1.29, 1.82) is 0 Å². The van der Waals surface area contributed by atoms with Gasteiger partial charge in [0.1, 0.15) is 0 Å². The van der Waals surface area contributed by atoms with Crippen LogP contribution in [0.3, 0.4) is 0 Å². The lowest BCUT2D eigenvalue weighted by Crippen LogP contribution is -2.06. The predicted octanol–water partition coefficient (Wildman–Crippen LogP) is 1.04. The summed E-state index contributed by atoms with van der Waals surface area (Å²) in [5.74, 6) is 0.550. The Bertz CT molecular complexity index is 212. The molecule has 64 valence electrons. The van der Waals surface area contributed by atoms with Crippen LogP contribution >= 0.6 is 25.0 Å². The average molecular weight is 195 g/mol. The lowest BCUT2D eigenvalue weighted by atomic mass is 10.2. The number of halogens is 1. The number of rotatable bonds is 2. The van der Waals surface area contributed by atoms with Crippen LogP contribution in [0.5, 0.6) is 0 Å². The fourth-order valence-electron chi connectivity index (χ4n) is 0.664. The van der Waals surface area contributed by atoms with Crippen LogP contribution in [0.2, 0.25) is 0 Å². The number of aromatic nitrogens is 4. The molecule has 0 bridgehead atoms. The fraction of sp³-hybridized carbons (Fsp3) is 0.800. The van der Waals surface area contributed by atoms with E-state index in [0.29, 0.717) is 11.1 Å². The molecule has 0 radical (unpaired) electrons. The molecule has 0 aliphatic heterocycles. The van der Waals surface area contributed by atoms with E-state index in [0.717, 1.165) is 6.54 Å². The van der Waals surface area contributed by atoms with E-state index in [1.165, 1.54) is 0 Å². The third kappa shape index (κ3) is 3.07. The Morgan fingerprint density at radius 1 is 1.55 bits per heavy atom. The fourth-order valence-corrected chi connectivity index (χ4v) is 0.826. The SMILES string of the molecule is CC(C)Cn1nnnc1S.Cl. The summed E-state index contributed by atoms with van der Waals surface area (Å²) in [6.45, 7) is 5.04. The topological polar surface area (TPSA) is 43.6 Å². The van der Waals surface area contributed by atoms with Crippen LogP contribution in [0.25, 0.3) is 0 Å². The summed E-state index contributed by atoms with van der Waals surface area (Å²) in [5, 5.41) is 11.4. The maximum atomic E-state index is 4.05. The van der Waals surface area contributed by atoms with Gasteiger partial charge >= 0.3 is 0 Å². The Hall–Kier alpha value is -0.290. The van der Waals surface area contributed by atoms with Gasteiger partial charge in [0.25, 0.3) is 0 Å². The van der Waals surface area contributed by atoms with Gasteiger partial charge in [-0.25, -0.2) is 4.68 Å². The zero-order valence-electron chi connectivity index (χ0n) is 6.43. The van der Waals surface area contributed by atoms with E-state index >= 15 is 0 Å². The lowest BCUT2D eigenvalue weighted by molar-refractivity contribution is 0.446. The van der Waals surface area contributed by atoms with Crippen LogP contribution in [0.4, 0.5) is 0 Å². The minimum absolute atomic E-state index is 0. The van der Waals surface area contributed by atoms with E-state index in [9.17, 15) is 0 Å². The highest BCUT2D eigenvalue weighted by molar-refractivity contribution is 7.80. The monoisotopic (exact) mass is 194 g/mol. The summed E-state index contributed by atoms with van der Waals surface area (Å²) in [6.07, 6.45) is 0. The molecular formula is C5H11ClN4S. The zero-order valence-corrected chi connectivity index (χ0v) is 8.14. The first-order valence-corrected chi connectivity index (χ1v) is 3.60. The Morgan fingerprint density at radius 3 is 2.55 bits per heavy atom. The Balaban J connectivity index is 0.000001000. The van der Waals surface area contributed by atoms with Gasteiger partial charge in [-0.1, -0.05) is 13.8 Å². The van der Waals surface area contributed by atoms with Gasteiger partial charge in [-0.3, -0.25) is 0 Å². The molecule has 0 unspecified atom stereocenters. The normalized spacial score (nSPS) is 9.82. The first kappa shape index (κ1) is 10.7. The van der Waals surface area contributed by atoms with Crippen molar-refractivity contribution in [2.75, 3.05) is 0 Å². The van der Waals surface area contributed by atoms with Crippen molar-refractivity contribution < 1.29 is 0 Å². The van der Waals surface area contributed by atoms with E-state index in [2.05, 4.69) is 42.0 Å². The third-order valence-corrected chi connectivity index (χ3v) is 1.37. The molecular weight excluding hydrogens is 184 g/mol. The van der Waals surface area contributed by atoms with Crippen molar-refractivity contribution in [2.24, 2.45) is 5.92 Å². The minimum atomic E-state index is 0. The largest absolute Gasteiger partial charge is 0.220 e. The Kier molecular flexibility index (Phi) is 4.44. The zero-order chi connectivity index (χ0) is 7.56. The van der Waals surface area contributed by atoms with Gasteiger partial charge in [0, 0.05) is 6.54 Å². The number of hydrogen-bond acceptors (Lipinski definition) is 4. The van der Waals surface area contributed by atoms with Crippen LogP contribution in [0.15, 0.2) is 5.16 Å². The minimum Gasteiger partial charge on any atom is -0.220 e. The van der Waals surface area contributed by atoms with Crippen molar-refractivity contribution in [3.63, 3.8) is 0 Å². The van der Waals surface area contributed by atoms with Crippen LogP contribution < -0.4 is 0 Å². The first-order valence-electron chi connectivity index (χ1n) is 3.15. The smallest absolute Gasteiger partial charge is 0.206 e. The maximum absolute atomic E-state index is 4.05. The highest BCUT2D eigenvalue weighted by Crippen LogP contribution is 2.01. The number of hydrogen-bond donors (Lipinski definition) is 1. The predicted molar refractivity (Wildman–Crippen MR) is 47.2 cm³/mol. The van der Waals surface area contributed by atoms with Gasteiger partial charge in [-0.05, 0) is 16.3 Å². The molecule has 0 fully saturated rings. The summed E-state index contributed by atoms with van der Waals surface area (Å²) < 4.78 is 1.67. The molecule has 6 heteroatoms. The van der Waals surface area contributed by atoms with Gasteiger partial charge in [0.15, 0.2) is 0 Å². The van der Waals surface area contributed by atoms with Crippen LogP contribution in [-0.2, 0) is 6.54 Å². The van der Waals surface area contributed by atoms with Crippen LogP contribution in [0, 0.1) is 5.92 Å². The first-order chi connectivity index (χ1) is 4.70. The molecule has 0 aliphatic carbocycles. The highest BCUT2D eigenvalue weighted by atomic mass is 35.5. The molecule has 1 aromatic heterocycles. The molecule has 0 N–H and O–H groups in total. The Labute approximate surface area is 77.2 Å². The van der Waals surface area contributed by atoms with Crippen molar-refractivity contribution >= 4 is 25.0 Å². The summed E-state index contributed by atoms with van der Waals surface area (Å²) in [4.78, 5) is 0. The summed E-state index contributed by atoms with van der Waals surface area (Å²) in [5.41, 5.74) is 0. The molecule has 0 spiro atoms. The summed E-state index contributed by atoms with van der Waals surface area (Å²) in [6, 6.07) is 0. The van der Waals surface area contributed by atoms with Gasteiger partial charge in [0.05, 0.1) is 0 Å². The second kappa shape index (κ2) is 4.56. The second-order valence-corrected chi connectivity index (χ2v) is 2.95. The van der Waals surface area contributed by atoms with Gasteiger partial charge in [-0.2, -0.15) is 0 Å². The van der Waals surface area contributed by atoms with E-state index in [1.54, 1.807) is 4.68 Å². The standard InChI is InChI=1S/C5H10N4S.ClH/c1-4(2)3-9-5(10)6-7-8-9;/h4H,3H2,1-2H3,(H,6,8,10);1H.